The van der Waals surface area contributed by atoms with Crippen LogP contribution in [0.1, 0.15) is 31.8 Å². The van der Waals surface area contributed by atoms with E-state index in [1.54, 1.807) is 13.0 Å². The van der Waals surface area contributed by atoms with Gasteiger partial charge in [-0.2, -0.15) is 4.98 Å². The Labute approximate surface area is 158 Å². The fraction of sp³-hybridized carbons (Fsp3) is 0.471. The summed E-state index contributed by atoms with van der Waals surface area (Å²) in [5.41, 5.74) is 0.415. The van der Waals surface area contributed by atoms with Crippen LogP contribution in [0, 0.1) is 5.82 Å². The van der Waals surface area contributed by atoms with Gasteiger partial charge in [0.25, 0.3) is 5.89 Å². The summed E-state index contributed by atoms with van der Waals surface area (Å²) in [5.74, 6) is -0.114. The van der Waals surface area contributed by atoms with Gasteiger partial charge in [-0.25, -0.2) is 9.18 Å². The highest BCUT2D eigenvalue weighted by atomic mass is 32.2. The van der Waals surface area contributed by atoms with Gasteiger partial charge in [0.1, 0.15) is 12.4 Å². The van der Waals surface area contributed by atoms with Crippen molar-refractivity contribution in [1.29, 1.82) is 0 Å². The predicted octanol–water partition coefficient (Wildman–Crippen LogP) is 2.83. The molecular weight excluding hydrogens is 377 g/mol. The summed E-state index contributed by atoms with van der Waals surface area (Å²) < 4.78 is 36.5. The summed E-state index contributed by atoms with van der Waals surface area (Å²) in [7, 11) is 0. The molecule has 3 rings (SSSR count). The van der Waals surface area contributed by atoms with E-state index in [1.807, 2.05) is 0 Å². The van der Waals surface area contributed by atoms with Gasteiger partial charge >= 0.3 is 6.09 Å². The first-order valence-electron chi connectivity index (χ1n) is 8.45. The number of rotatable bonds is 5. The molecule has 0 saturated carbocycles. The molecule has 2 aromatic rings. The number of aromatic nitrogens is 2. The molecule has 2 heterocycles. The number of nitrogens with zero attached hydrogens (tertiary/aromatic N) is 3. The third kappa shape index (κ3) is 4.57. The lowest BCUT2D eigenvalue weighted by Gasteiger charge is -2.30. The molecular formula is C17H20FN3O5S. The second-order valence-electron chi connectivity index (χ2n) is 6.30. The lowest BCUT2D eigenvalue weighted by atomic mass is 10.1. The normalized spacial score (nSPS) is 17.7. The Morgan fingerprint density at radius 3 is 2.78 bits per heavy atom. The minimum Gasteiger partial charge on any atom is -0.612 e. The first kappa shape index (κ1) is 19.6. The van der Waals surface area contributed by atoms with Crippen LogP contribution < -0.4 is 0 Å². The monoisotopic (exact) mass is 397 g/mol. The molecule has 2 atom stereocenters. The number of hydrogen-bond donors (Lipinski definition) is 1. The maximum absolute atomic E-state index is 14.0. The Hall–Kier alpha value is -2.17. The van der Waals surface area contributed by atoms with E-state index in [-0.39, 0.29) is 22.7 Å². The fourth-order valence-corrected chi connectivity index (χ4v) is 3.51. The Balaban J connectivity index is 1.63. The van der Waals surface area contributed by atoms with Crippen molar-refractivity contribution in [3.8, 4) is 11.4 Å². The standard InChI is InChI=1S/C17H20FN3O5S/c1-10(25-12-5-7-21(8-6-12)17(22)23)16-19-15(20-26-16)11-3-4-14(27(2)24)13(18)9-11/h3-4,9-10,12H,5-8H2,1-2H3,(H,22,23). The SMILES string of the molecule is CC(OC1CCN(C(=O)O)CC1)c1nc(-c2ccc([S+](C)[O-])c(F)c2)no1. The van der Waals surface area contributed by atoms with Crippen molar-refractivity contribution in [1.82, 2.24) is 15.0 Å². The van der Waals surface area contributed by atoms with Crippen LogP contribution in [-0.2, 0) is 15.9 Å². The van der Waals surface area contributed by atoms with Crippen LogP contribution in [0.25, 0.3) is 11.4 Å². The molecule has 8 nitrogen and oxygen atoms in total. The smallest absolute Gasteiger partial charge is 0.407 e. The average Bonchev–Trinajstić information content (AvgIpc) is 3.12. The van der Waals surface area contributed by atoms with E-state index in [2.05, 4.69) is 10.1 Å². The van der Waals surface area contributed by atoms with Crippen molar-refractivity contribution in [2.24, 2.45) is 0 Å². The maximum Gasteiger partial charge on any atom is 0.407 e. The van der Waals surface area contributed by atoms with Gasteiger partial charge in [0.15, 0.2) is 10.7 Å². The predicted molar refractivity (Wildman–Crippen MR) is 94.1 cm³/mol. The van der Waals surface area contributed by atoms with E-state index in [0.717, 1.165) is 0 Å². The zero-order valence-corrected chi connectivity index (χ0v) is 15.7. The van der Waals surface area contributed by atoms with Crippen LogP contribution in [0.3, 0.4) is 0 Å². The Morgan fingerprint density at radius 2 is 2.19 bits per heavy atom. The first-order chi connectivity index (χ1) is 12.8. The number of benzene rings is 1. The molecule has 1 fully saturated rings. The van der Waals surface area contributed by atoms with Gasteiger partial charge in [-0.1, -0.05) is 5.16 Å². The molecule has 0 spiro atoms. The average molecular weight is 397 g/mol. The zero-order chi connectivity index (χ0) is 19.6. The molecule has 1 aliphatic heterocycles. The Bertz CT molecular complexity index is 808. The van der Waals surface area contributed by atoms with Crippen molar-refractivity contribution in [3.63, 3.8) is 0 Å². The van der Waals surface area contributed by atoms with Gasteiger partial charge in [-0.15, -0.1) is 0 Å². The Kier molecular flexibility index (Phi) is 5.98. The van der Waals surface area contributed by atoms with E-state index in [9.17, 15) is 13.7 Å². The third-order valence-corrected chi connectivity index (χ3v) is 5.35. The van der Waals surface area contributed by atoms with Crippen molar-refractivity contribution in [3.05, 3.63) is 29.9 Å². The molecule has 1 N–H and O–H groups in total. The van der Waals surface area contributed by atoms with Crippen molar-refractivity contribution in [2.75, 3.05) is 19.3 Å². The van der Waals surface area contributed by atoms with Crippen molar-refractivity contribution < 1.29 is 28.1 Å². The van der Waals surface area contributed by atoms with Crippen LogP contribution in [0.15, 0.2) is 27.6 Å². The van der Waals surface area contributed by atoms with Gasteiger partial charge in [0.05, 0.1) is 6.10 Å². The molecule has 10 heteroatoms. The van der Waals surface area contributed by atoms with Crippen LogP contribution in [0.4, 0.5) is 9.18 Å². The number of carboxylic acid groups (broad SMARTS) is 1. The molecule has 0 bridgehead atoms. The summed E-state index contributed by atoms with van der Waals surface area (Å²) in [5, 5.41) is 12.8. The van der Waals surface area contributed by atoms with E-state index < -0.39 is 29.2 Å². The fourth-order valence-electron chi connectivity index (χ4n) is 2.92. The van der Waals surface area contributed by atoms with Crippen molar-refractivity contribution >= 4 is 17.3 Å². The minimum absolute atomic E-state index is 0.0952. The highest BCUT2D eigenvalue weighted by Crippen LogP contribution is 2.26. The van der Waals surface area contributed by atoms with E-state index in [0.29, 0.717) is 31.5 Å². The molecule has 1 aliphatic rings. The van der Waals surface area contributed by atoms with E-state index in [4.69, 9.17) is 14.4 Å². The molecule has 2 unspecified atom stereocenters. The van der Waals surface area contributed by atoms with E-state index >= 15 is 0 Å². The first-order valence-corrected chi connectivity index (χ1v) is 10.0. The van der Waals surface area contributed by atoms with Gasteiger partial charge in [-0.05, 0) is 49.1 Å². The Morgan fingerprint density at radius 1 is 1.48 bits per heavy atom. The number of amides is 1. The molecule has 27 heavy (non-hydrogen) atoms. The molecule has 146 valence electrons. The summed E-state index contributed by atoms with van der Waals surface area (Å²) in [4.78, 5) is 16.7. The lowest BCUT2D eigenvalue weighted by molar-refractivity contribution is -0.0451. The van der Waals surface area contributed by atoms with Crippen molar-refractivity contribution in [2.45, 2.75) is 36.9 Å². The number of likely N-dealkylation sites (tertiary alicyclic amines) is 1. The largest absolute Gasteiger partial charge is 0.612 e. The number of hydrogen-bond acceptors (Lipinski definition) is 6. The molecule has 1 amide bonds. The molecule has 1 saturated heterocycles. The highest BCUT2D eigenvalue weighted by Gasteiger charge is 2.26. The topological polar surface area (TPSA) is 112 Å². The summed E-state index contributed by atoms with van der Waals surface area (Å²) in [6.45, 7) is 2.61. The summed E-state index contributed by atoms with van der Waals surface area (Å²) in [6, 6.07) is 4.24. The van der Waals surface area contributed by atoms with Gasteiger partial charge in [0, 0.05) is 18.7 Å². The number of halogens is 1. The highest BCUT2D eigenvalue weighted by molar-refractivity contribution is 7.90. The second kappa shape index (κ2) is 8.24. The summed E-state index contributed by atoms with van der Waals surface area (Å²) >= 11 is -1.42. The van der Waals surface area contributed by atoms with Gasteiger partial charge < -0.3 is 23.8 Å². The molecule has 0 aliphatic carbocycles. The molecule has 1 aromatic heterocycles. The number of carbonyl (C=O) groups is 1. The minimum atomic E-state index is -1.42. The summed E-state index contributed by atoms with van der Waals surface area (Å²) in [6.07, 6.45) is 1.11. The van der Waals surface area contributed by atoms with Crippen LogP contribution in [0.2, 0.25) is 0 Å². The zero-order valence-electron chi connectivity index (χ0n) is 14.9. The third-order valence-electron chi connectivity index (χ3n) is 4.40. The van der Waals surface area contributed by atoms with Crippen LogP contribution in [-0.4, -0.2) is 56.2 Å². The quantitative estimate of drug-likeness (QED) is 0.772. The molecule has 0 radical (unpaired) electrons. The maximum atomic E-state index is 14.0. The number of piperidine rings is 1. The van der Waals surface area contributed by atoms with E-state index in [1.165, 1.54) is 23.3 Å². The van der Waals surface area contributed by atoms with Gasteiger partial charge in [-0.3, -0.25) is 0 Å². The second-order valence-corrected chi connectivity index (χ2v) is 7.65. The van der Waals surface area contributed by atoms with Gasteiger partial charge in [0.2, 0.25) is 5.82 Å². The molecule has 1 aromatic carbocycles. The van der Waals surface area contributed by atoms with Crippen LogP contribution in [0.5, 0.6) is 0 Å². The van der Waals surface area contributed by atoms with Crippen LogP contribution >= 0.6 is 0 Å². The lowest BCUT2D eigenvalue weighted by Crippen LogP contribution is -2.40. The number of ether oxygens (including phenoxy) is 1.